The van der Waals surface area contributed by atoms with Gasteiger partial charge in [-0.1, -0.05) is 137 Å². The Labute approximate surface area is 371 Å². The third-order valence-electron chi connectivity index (χ3n) is 8.60. The number of rotatable bonds is 40. The molecule has 1 unspecified atom stereocenters. The van der Waals surface area contributed by atoms with Crippen molar-refractivity contribution >= 4 is 27.6 Å². The minimum absolute atomic E-state index is 0.0806. The zero-order chi connectivity index (χ0) is 46.0. The van der Waals surface area contributed by atoms with Gasteiger partial charge in [0.25, 0.3) is 0 Å². The first-order chi connectivity index (χ1) is 29.8. The molecule has 0 saturated carbocycles. The van der Waals surface area contributed by atoms with Gasteiger partial charge >= 0.3 is 27.6 Å². The number of phosphoric ester groups is 2. The molecule has 0 bridgehead atoms. The van der Waals surface area contributed by atoms with Crippen LogP contribution in [0.4, 0.5) is 0 Å². The number of aliphatic hydroxyl groups is 2. The van der Waals surface area contributed by atoms with Gasteiger partial charge in [-0.2, -0.15) is 0 Å². The Hall–Kier alpha value is -3.00. The van der Waals surface area contributed by atoms with Crippen LogP contribution in [-0.2, 0) is 41.8 Å². The number of allylic oxidation sites excluding steroid dienone is 15. The van der Waals surface area contributed by atoms with E-state index >= 15 is 0 Å². The SMILES string of the molecule is CCCCC/C=C\C/C=C\C/C=C\CCCCCCC(=O)O[C@H](COC(=O)CCC/C=C\C/C=C\C/C=C\C/C=C\C=C\[C@@H](O)CC)COP(=O)(O)OC[C@@H](O)COP(=O)(O)O. The number of carbonyl (C=O) groups excluding carboxylic acids is 2. The van der Waals surface area contributed by atoms with Gasteiger partial charge in [-0.25, -0.2) is 9.13 Å². The van der Waals surface area contributed by atoms with Crippen LogP contribution < -0.4 is 0 Å². The lowest BCUT2D eigenvalue weighted by Crippen LogP contribution is -2.30. The van der Waals surface area contributed by atoms with Gasteiger partial charge in [-0.3, -0.25) is 23.2 Å². The highest BCUT2D eigenvalue weighted by atomic mass is 31.2. The molecule has 0 aromatic rings. The number of aliphatic hydroxyl groups excluding tert-OH is 2. The lowest BCUT2D eigenvalue weighted by molar-refractivity contribution is -0.161. The number of phosphoric acid groups is 2. The van der Waals surface area contributed by atoms with Gasteiger partial charge in [0.15, 0.2) is 6.10 Å². The molecule has 0 rings (SSSR count). The van der Waals surface area contributed by atoms with Crippen molar-refractivity contribution < 1.29 is 66.7 Å². The number of hydrogen-bond acceptors (Lipinski definition) is 11. The molecule has 4 atom stereocenters. The van der Waals surface area contributed by atoms with Crippen molar-refractivity contribution in [2.45, 2.75) is 154 Å². The summed E-state index contributed by atoms with van der Waals surface area (Å²) in [6.45, 7) is 1.28. The normalized spacial score (nSPS) is 15.4. The number of unbranched alkanes of at least 4 members (excludes halogenated alkanes) is 8. The molecule has 16 heteroatoms. The van der Waals surface area contributed by atoms with Gasteiger partial charge in [-0.15, -0.1) is 0 Å². The summed E-state index contributed by atoms with van der Waals surface area (Å²) >= 11 is 0. The quantitative estimate of drug-likeness (QED) is 0.0127. The lowest BCUT2D eigenvalue weighted by Gasteiger charge is -2.20. The summed E-state index contributed by atoms with van der Waals surface area (Å²) in [5.74, 6) is -1.15. The maximum Gasteiger partial charge on any atom is 0.472 e. The number of ether oxygens (including phenoxy) is 2. The largest absolute Gasteiger partial charge is 0.472 e. The molecule has 0 amide bonds. The van der Waals surface area contributed by atoms with Crippen LogP contribution in [0, 0.1) is 0 Å². The van der Waals surface area contributed by atoms with Gasteiger partial charge in [-0.05, 0) is 83.5 Å². The van der Waals surface area contributed by atoms with Crippen LogP contribution in [0.25, 0.3) is 0 Å². The minimum atomic E-state index is -4.88. The summed E-state index contributed by atoms with van der Waals surface area (Å²) in [5.41, 5.74) is 0. The summed E-state index contributed by atoms with van der Waals surface area (Å²) in [4.78, 5) is 52.7. The molecular formula is C46H76O14P2. The van der Waals surface area contributed by atoms with E-state index in [2.05, 4.69) is 76.7 Å². The smallest absolute Gasteiger partial charge is 0.462 e. The van der Waals surface area contributed by atoms with Crippen molar-refractivity contribution in [3.05, 3.63) is 97.2 Å². The Morgan fingerprint density at radius 1 is 0.532 bits per heavy atom. The van der Waals surface area contributed by atoms with E-state index in [0.717, 1.165) is 64.2 Å². The summed E-state index contributed by atoms with van der Waals surface area (Å²) < 4.78 is 47.7. The first-order valence-corrected chi connectivity index (χ1v) is 25.1. The molecule has 0 aromatic heterocycles. The van der Waals surface area contributed by atoms with Crippen molar-refractivity contribution in [3.8, 4) is 0 Å². The molecule has 62 heavy (non-hydrogen) atoms. The van der Waals surface area contributed by atoms with E-state index in [4.69, 9.17) is 23.8 Å². The Balaban J connectivity index is 4.68. The van der Waals surface area contributed by atoms with Crippen LogP contribution in [0.3, 0.4) is 0 Å². The van der Waals surface area contributed by atoms with Gasteiger partial charge in [0.2, 0.25) is 0 Å². The Morgan fingerprint density at radius 2 is 1.02 bits per heavy atom. The van der Waals surface area contributed by atoms with Gasteiger partial charge in [0.05, 0.1) is 25.9 Å². The summed E-state index contributed by atoms with van der Waals surface area (Å²) in [6, 6.07) is 0. The Bertz CT molecular complexity index is 1480. The average molecular weight is 915 g/mol. The predicted molar refractivity (Wildman–Crippen MR) is 245 cm³/mol. The van der Waals surface area contributed by atoms with E-state index in [1.54, 1.807) is 6.08 Å². The van der Waals surface area contributed by atoms with Crippen LogP contribution in [-0.4, -0.2) is 81.6 Å². The molecular weight excluding hydrogens is 838 g/mol. The van der Waals surface area contributed by atoms with Crippen LogP contribution >= 0.6 is 15.6 Å². The van der Waals surface area contributed by atoms with Crippen molar-refractivity contribution in [3.63, 3.8) is 0 Å². The van der Waals surface area contributed by atoms with E-state index in [1.165, 1.54) is 19.3 Å². The molecule has 0 aliphatic carbocycles. The van der Waals surface area contributed by atoms with Gasteiger partial charge < -0.3 is 34.4 Å². The maximum absolute atomic E-state index is 12.7. The second kappa shape index (κ2) is 40.8. The van der Waals surface area contributed by atoms with E-state index in [-0.39, 0.29) is 12.8 Å². The Morgan fingerprint density at radius 3 is 1.58 bits per heavy atom. The molecule has 0 radical (unpaired) electrons. The third kappa shape index (κ3) is 43.6. The molecule has 354 valence electrons. The lowest BCUT2D eigenvalue weighted by atomic mass is 10.1. The van der Waals surface area contributed by atoms with Crippen LogP contribution in [0.2, 0.25) is 0 Å². The first kappa shape index (κ1) is 59.0. The fourth-order valence-electron chi connectivity index (χ4n) is 5.10. The summed E-state index contributed by atoms with van der Waals surface area (Å²) in [7, 11) is -9.72. The number of hydrogen-bond donors (Lipinski definition) is 5. The highest BCUT2D eigenvalue weighted by molar-refractivity contribution is 7.47. The van der Waals surface area contributed by atoms with Gasteiger partial charge in [0.1, 0.15) is 12.7 Å². The van der Waals surface area contributed by atoms with Crippen molar-refractivity contribution in [2.75, 3.05) is 26.4 Å². The van der Waals surface area contributed by atoms with Gasteiger partial charge in [0, 0.05) is 12.8 Å². The second-order valence-electron chi connectivity index (χ2n) is 14.4. The predicted octanol–water partition coefficient (Wildman–Crippen LogP) is 10.3. The van der Waals surface area contributed by atoms with Crippen LogP contribution in [0.15, 0.2) is 97.2 Å². The topological polar surface area (TPSA) is 216 Å². The minimum Gasteiger partial charge on any atom is -0.462 e. The summed E-state index contributed by atoms with van der Waals surface area (Å²) in [6.07, 6.45) is 44.9. The second-order valence-corrected chi connectivity index (χ2v) is 17.1. The fourth-order valence-corrected chi connectivity index (χ4v) is 6.26. The molecule has 0 fully saturated rings. The number of esters is 2. The van der Waals surface area contributed by atoms with E-state index in [0.29, 0.717) is 25.7 Å². The zero-order valence-electron chi connectivity index (χ0n) is 37.0. The third-order valence-corrected chi connectivity index (χ3v) is 10.0. The summed E-state index contributed by atoms with van der Waals surface area (Å²) in [5, 5.41) is 19.2. The van der Waals surface area contributed by atoms with Crippen molar-refractivity contribution in [1.29, 1.82) is 0 Å². The highest BCUT2D eigenvalue weighted by Crippen LogP contribution is 2.43. The van der Waals surface area contributed by atoms with E-state index in [9.17, 15) is 33.8 Å². The average Bonchev–Trinajstić information content (AvgIpc) is 3.23. The van der Waals surface area contributed by atoms with E-state index < -0.39 is 72.3 Å². The fraction of sp³-hybridized carbons (Fsp3) is 0.609. The van der Waals surface area contributed by atoms with Crippen LogP contribution in [0.1, 0.15) is 136 Å². The highest BCUT2D eigenvalue weighted by Gasteiger charge is 2.28. The molecule has 0 aliphatic heterocycles. The number of carbonyl (C=O) groups is 2. The maximum atomic E-state index is 12.7. The standard InChI is InChI=1S/C46H76O14P2/c1-3-5-6-7-8-9-10-11-12-13-14-19-22-25-28-31-34-37-46(50)60-44(41-59-62(54,55)58-39-43(48)38-57-61(51,52)53)40-56-45(49)36-33-30-27-24-21-18-16-15-17-20-23-26-29-32-35-42(47)4-2/h8-9,11-12,14,16-20,24,26-27,29,32,35,42-44,47-48H,3-7,10,13,15,21-23,25,28,30-31,33-34,36-41H2,1-2H3,(H,54,55)(H2,51,52,53)/b9-8-,12-11-,18-16-,19-14-,20-17-,27-24-,29-26-,35-32+/t42-,43-,44+/m0/s1. The van der Waals surface area contributed by atoms with Crippen molar-refractivity contribution in [2.24, 2.45) is 0 Å². The molecule has 0 aromatic carbocycles. The monoisotopic (exact) mass is 914 g/mol. The Kier molecular flexibility index (Phi) is 38.8. The van der Waals surface area contributed by atoms with Crippen LogP contribution in [0.5, 0.6) is 0 Å². The molecule has 5 N–H and O–H groups in total. The van der Waals surface area contributed by atoms with E-state index in [1.807, 2.05) is 37.3 Å². The molecule has 0 saturated heterocycles. The molecule has 0 aliphatic rings. The zero-order valence-corrected chi connectivity index (χ0v) is 38.8. The van der Waals surface area contributed by atoms with Crippen molar-refractivity contribution in [1.82, 2.24) is 0 Å². The molecule has 0 spiro atoms. The molecule has 0 heterocycles. The molecule has 14 nitrogen and oxygen atoms in total. The first-order valence-electron chi connectivity index (χ1n) is 22.0.